The van der Waals surface area contributed by atoms with Gasteiger partial charge in [-0.3, -0.25) is 5.43 Å². The number of thiazole rings is 1. The smallest absolute Gasteiger partial charge is 0.203 e. The van der Waals surface area contributed by atoms with Gasteiger partial charge in [-0.15, -0.1) is 11.3 Å². The molecule has 1 aliphatic rings. The molecule has 1 N–H and O–H groups in total. The number of aryl methyl sites for hydroxylation is 1. The van der Waals surface area contributed by atoms with Crippen molar-refractivity contribution >= 4 is 22.7 Å². The third-order valence-electron chi connectivity index (χ3n) is 3.98. The maximum Gasteiger partial charge on any atom is 0.203 e. The number of benzene rings is 1. The van der Waals surface area contributed by atoms with Crippen LogP contribution in [0.5, 0.6) is 0 Å². The Morgan fingerprint density at radius 1 is 1.35 bits per heavy atom. The fourth-order valence-electron chi connectivity index (χ4n) is 2.78. The van der Waals surface area contributed by atoms with Crippen LogP contribution >= 0.6 is 11.3 Å². The summed E-state index contributed by atoms with van der Waals surface area (Å²) in [5.74, 6) is 0. The van der Waals surface area contributed by atoms with Gasteiger partial charge in [0, 0.05) is 5.38 Å². The van der Waals surface area contributed by atoms with Crippen LogP contribution in [0.3, 0.4) is 0 Å². The minimum absolute atomic E-state index is 0.441. The van der Waals surface area contributed by atoms with Crippen molar-refractivity contribution < 1.29 is 4.74 Å². The van der Waals surface area contributed by atoms with Crippen molar-refractivity contribution in [3.05, 3.63) is 46.5 Å². The van der Waals surface area contributed by atoms with Crippen molar-refractivity contribution in [2.24, 2.45) is 5.10 Å². The van der Waals surface area contributed by atoms with Gasteiger partial charge < -0.3 is 4.74 Å². The average molecular weight is 329 g/mol. The number of hydrogen-bond donors (Lipinski definition) is 1. The summed E-state index contributed by atoms with van der Waals surface area (Å²) >= 11 is 1.56. The molecule has 0 aliphatic heterocycles. The maximum atomic E-state index is 6.03. The van der Waals surface area contributed by atoms with Crippen LogP contribution < -0.4 is 5.43 Å². The van der Waals surface area contributed by atoms with Gasteiger partial charge in [-0.25, -0.2) is 4.98 Å². The molecule has 0 bridgehead atoms. The van der Waals surface area contributed by atoms with Gasteiger partial charge >= 0.3 is 0 Å². The van der Waals surface area contributed by atoms with E-state index in [-0.39, 0.29) is 0 Å². The number of hydrazone groups is 1. The standard InChI is InChI=1S/C18H23N3OS/c1-14-13-23-18(20-14)21-19-11-15-6-5-7-16(10-15)12-22-17-8-3-2-4-9-17/h5-7,10-11,13,17H,2-4,8-9,12H2,1H3,(H,20,21). The molecule has 0 atom stereocenters. The van der Waals surface area contributed by atoms with E-state index in [1.54, 1.807) is 11.3 Å². The van der Waals surface area contributed by atoms with Crippen LogP contribution in [0.25, 0.3) is 0 Å². The van der Waals surface area contributed by atoms with Gasteiger partial charge in [-0.1, -0.05) is 37.5 Å². The van der Waals surface area contributed by atoms with Gasteiger partial charge in [0.15, 0.2) is 0 Å². The molecular weight excluding hydrogens is 306 g/mol. The molecule has 1 aromatic heterocycles. The molecule has 3 rings (SSSR count). The van der Waals surface area contributed by atoms with Crippen LogP contribution in [0.15, 0.2) is 34.7 Å². The second-order valence-corrected chi connectivity index (χ2v) is 6.84. The molecule has 1 saturated carbocycles. The second kappa shape index (κ2) is 8.22. The number of anilines is 1. The quantitative estimate of drug-likeness (QED) is 0.614. The summed E-state index contributed by atoms with van der Waals surface area (Å²) in [6, 6.07) is 8.33. The Hall–Kier alpha value is -1.72. The highest BCUT2D eigenvalue weighted by Gasteiger charge is 2.13. The zero-order chi connectivity index (χ0) is 15.9. The Bertz CT molecular complexity index is 647. The molecule has 0 unspecified atom stereocenters. The summed E-state index contributed by atoms with van der Waals surface area (Å²) < 4.78 is 6.03. The van der Waals surface area contributed by atoms with E-state index in [1.807, 2.05) is 24.6 Å². The Morgan fingerprint density at radius 2 is 2.22 bits per heavy atom. The summed E-state index contributed by atoms with van der Waals surface area (Å²) in [6.07, 6.45) is 8.64. The molecule has 0 saturated heterocycles. The van der Waals surface area contributed by atoms with Crippen molar-refractivity contribution in [2.45, 2.75) is 51.7 Å². The summed E-state index contributed by atoms with van der Waals surface area (Å²) in [6.45, 7) is 2.66. The first kappa shape index (κ1) is 16.1. The Kier molecular flexibility index (Phi) is 5.77. The van der Waals surface area contributed by atoms with E-state index in [9.17, 15) is 0 Å². The van der Waals surface area contributed by atoms with Crippen LogP contribution in [0, 0.1) is 6.92 Å². The molecule has 1 aromatic carbocycles. The van der Waals surface area contributed by atoms with Gasteiger partial charge in [-0.2, -0.15) is 5.10 Å². The lowest BCUT2D eigenvalue weighted by atomic mass is 9.98. The molecule has 122 valence electrons. The lowest BCUT2D eigenvalue weighted by molar-refractivity contribution is 0.0169. The number of hydrogen-bond acceptors (Lipinski definition) is 5. The lowest BCUT2D eigenvalue weighted by Gasteiger charge is -2.22. The fourth-order valence-corrected chi connectivity index (χ4v) is 3.41. The van der Waals surface area contributed by atoms with Crippen molar-refractivity contribution in [1.82, 2.24) is 4.98 Å². The zero-order valence-corrected chi connectivity index (χ0v) is 14.3. The molecule has 1 fully saturated rings. The number of nitrogens with one attached hydrogen (secondary N) is 1. The lowest BCUT2D eigenvalue weighted by Crippen LogP contribution is -2.16. The molecule has 0 radical (unpaired) electrons. The second-order valence-electron chi connectivity index (χ2n) is 5.98. The van der Waals surface area contributed by atoms with Crippen LogP contribution in [-0.2, 0) is 11.3 Å². The molecule has 23 heavy (non-hydrogen) atoms. The SMILES string of the molecule is Cc1csc(NN=Cc2cccc(COC3CCCCC3)c2)n1. The van der Waals surface area contributed by atoms with E-state index in [1.165, 1.54) is 37.7 Å². The van der Waals surface area contributed by atoms with Gasteiger partial charge in [0.1, 0.15) is 0 Å². The van der Waals surface area contributed by atoms with Crippen molar-refractivity contribution in [1.29, 1.82) is 0 Å². The summed E-state index contributed by atoms with van der Waals surface area (Å²) in [7, 11) is 0. The first-order chi connectivity index (χ1) is 11.3. The Labute approximate surface area is 141 Å². The molecule has 5 heteroatoms. The highest BCUT2D eigenvalue weighted by molar-refractivity contribution is 7.13. The first-order valence-corrected chi connectivity index (χ1v) is 9.09. The number of ether oxygens (including phenoxy) is 1. The highest BCUT2D eigenvalue weighted by Crippen LogP contribution is 2.21. The largest absolute Gasteiger partial charge is 0.374 e. The Balaban J connectivity index is 1.52. The number of aromatic nitrogens is 1. The van der Waals surface area contributed by atoms with Gasteiger partial charge in [0.25, 0.3) is 0 Å². The molecular formula is C18H23N3OS. The highest BCUT2D eigenvalue weighted by atomic mass is 32.1. The molecule has 0 amide bonds. The van der Waals surface area contributed by atoms with Crippen LogP contribution in [0.2, 0.25) is 0 Å². The zero-order valence-electron chi connectivity index (χ0n) is 13.5. The van der Waals surface area contributed by atoms with Crippen LogP contribution in [0.4, 0.5) is 5.13 Å². The van der Waals surface area contributed by atoms with E-state index < -0.39 is 0 Å². The predicted octanol–water partition coefficient (Wildman–Crippen LogP) is 4.75. The van der Waals surface area contributed by atoms with E-state index in [0.29, 0.717) is 12.7 Å². The maximum absolute atomic E-state index is 6.03. The molecule has 0 spiro atoms. The van der Waals surface area contributed by atoms with Gasteiger partial charge in [0.2, 0.25) is 5.13 Å². The summed E-state index contributed by atoms with van der Waals surface area (Å²) in [5.41, 5.74) is 6.24. The summed E-state index contributed by atoms with van der Waals surface area (Å²) in [5, 5.41) is 7.06. The van der Waals surface area contributed by atoms with Gasteiger partial charge in [-0.05, 0) is 37.0 Å². The first-order valence-electron chi connectivity index (χ1n) is 8.21. The minimum atomic E-state index is 0.441. The third-order valence-corrected chi connectivity index (χ3v) is 4.85. The number of rotatable bonds is 6. The van der Waals surface area contributed by atoms with E-state index >= 15 is 0 Å². The molecule has 2 aromatic rings. The predicted molar refractivity (Wildman–Crippen MR) is 96.2 cm³/mol. The fraction of sp³-hybridized carbons (Fsp3) is 0.444. The minimum Gasteiger partial charge on any atom is -0.374 e. The topological polar surface area (TPSA) is 46.5 Å². The monoisotopic (exact) mass is 329 g/mol. The van der Waals surface area contributed by atoms with E-state index in [2.05, 4.69) is 33.7 Å². The Morgan fingerprint density at radius 3 is 3.00 bits per heavy atom. The van der Waals surface area contributed by atoms with Crippen molar-refractivity contribution in [3.63, 3.8) is 0 Å². The van der Waals surface area contributed by atoms with Crippen molar-refractivity contribution in [2.75, 3.05) is 5.43 Å². The summed E-state index contributed by atoms with van der Waals surface area (Å²) in [4.78, 5) is 4.31. The van der Waals surface area contributed by atoms with Crippen LogP contribution in [0.1, 0.15) is 48.9 Å². The van der Waals surface area contributed by atoms with E-state index in [4.69, 9.17) is 4.74 Å². The average Bonchev–Trinajstić information content (AvgIpc) is 3.00. The van der Waals surface area contributed by atoms with Gasteiger partial charge in [0.05, 0.1) is 24.6 Å². The normalized spacial score (nSPS) is 16.0. The molecule has 1 aliphatic carbocycles. The third kappa shape index (κ3) is 5.15. The van der Waals surface area contributed by atoms with Crippen molar-refractivity contribution in [3.8, 4) is 0 Å². The number of nitrogens with zero attached hydrogens (tertiary/aromatic N) is 2. The molecule has 4 nitrogen and oxygen atoms in total. The molecule has 1 heterocycles. The van der Waals surface area contributed by atoms with Crippen LogP contribution in [-0.4, -0.2) is 17.3 Å². The van der Waals surface area contributed by atoms with E-state index in [0.717, 1.165) is 16.4 Å².